The van der Waals surface area contributed by atoms with Gasteiger partial charge in [0.1, 0.15) is 0 Å². The maximum atomic E-state index is 11.4. The van der Waals surface area contributed by atoms with Gasteiger partial charge < -0.3 is 4.90 Å². The van der Waals surface area contributed by atoms with Crippen LogP contribution >= 0.6 is 0 Å². The third kappa shape index (κ3) is 1.31. The van der Waals surface area contributed by atoms with E-state index < -0.39 is 0 Å². The summed E-state index contributed by atoms with van der Waals surface area (Å²) in [5, 5.41) is 0. The Balaban J connectivity index is 1.98. The zero-order valence-corrected chi connectivity index (χ0v) is 6.23. The predicted octanol–water partition coefficient (Wildman–Crippen LogP) is 0.781. The molecule has 1 fully saturated rings. The van der Waals surface area contributed by atoms with Crippen LogP contribution in [-0.4, -0.2) is 23.6 Å². The SMILES string of the molecule is O=C(C1CC1)N1C=CN=CC1. The molecule has 1 amide bonds. The van der Waals surface area contributed by atoms with Gasteiger partial charge in [-0.2, -0.15) is 0 Å². The van der Waals surface area contributed by atoms with E-state index in [9.17, 15) is 4.79 Å². The molecular formula is C8H10N2O. The van der Waals surface area contributed by atoms with Crippen LogP contribution in [-0.2, 0) is 4.79 Å². The van der Waals surface area contributed by atoms with Gasteiger partial charge >= 0.3 is 0 Å². The minimum Gasteiger partial charge on any atom is -0.312 e. The molecule has 0 saturated heterocycles. The highest BCUT2D eigenvalue weighted by atomic mass is 16.2. The average Bonchev–Trinajstić information content (AvgIpc) is 2.87. The van der Waals surface area contributed by atoms with Gasteiger partial charge in [-0.15, -0.1) is 0 Å². The fraction of sp³-hybridized carbons (Fsp3) is 0.500. The molecule has 0 aromatic rings. The number of hydrogen-bond donors (Lipinski definition) is 0. The van der Waals surface area contributed by atoms with Gasteiger partial charge in [-0.05, 0) is 12.8 Å². The third-order valence-electron chi connectivity index (χ3n) is 1.93. The molecule has 0 unspecified atom stereocenters. The Hall–Kier alpha value is -1.12. The number of hydrogen-bond acceptors (Lipinski definition) is 2. The highest BCUT2D eigenvalue weighted by molar-refractivity contribution is 5.84. The second kappa shape index (κ2) is 2.49. The molecule has 2 rings (SSSR count). The number of aliphatic imine (C=N–C) groups is 1. The van der Waals surface area contributed by atoms with Crippen molar-refractivity contribution in [3.63, 3.8) is 0 Å². The highest BCUT2D eigenvalue weighted by Gasteiger charge is 2.32. The summed E-state index contributed by atoms with van der Waals surface area (Å²) in [7, 11) is 0. The van der Waals surface area contributed by atoms with Gasteiger partial charge in [0.05, 0.1) is 6.54 Å². The number of rotatable bonds is 1. The molecule has 0 bridgehead atoms. The molecule has 1 saturated carbocycles. The Morgan fingerprint density at radius 1 is 1.55 bits per heavy atom. The van der Waals surface area contributed by atoms with E-state index in [1.165, 1.54) is 0 Å². The molecule has 3 heteroatoms. The van der Waals surface area contributed by atoms with Gasteiger partial charge in [-0.25, -0.2) is 0 Å². The van der Waals surface area contributed by atoms with Crippen LogP contribution in [0.4, 0.5) is 0 Å². The van der Waals surface area contributed by atoms with Crippen molar-refractivity contribution in [3.05, 3.63) is 12.4 Å². The van der Waals surface area contributed by atoms with Crippen LogP contribution in [0.5, 0.6) is 0 Å². The van der Waals surface area contributed by atoms with E-state index in [1.54, 1.807) is 23.5 Å². The highest BCUT2D eigenvalue weighted by Crippen LogP contribution is 2.31. The zero-order chi connectivity index (χ0) is 7.68. The van der Waals surface area contributed by atoms with E-state index in [2.05, 4.69) is 4.99 Å². The van der Waals surface area contributed by atoms with Crippen LogP contribution in [0.25, 0.3) is 0 Å². The summed E-state index contributed by atoms with van der Waals surface area (Å²) in [5.74, 6) is 0.568. The molecule has 0 N–H and O–H groups in total. The topological polar surface area (TPSA) is 32.7 Å². The fourth-order valence-electron chi connectivity index (χ4n) is 1.10. The summed E-state index contributed by atoms with van der Waals surface area (Å²) in [6.45, 7) is 0.645. The van der Waals surface area contributed by atoms with Crippen molar-refractivity contribution in [1.82, 2.24) is 4.90 Å². The van der Waals surface area contributed by atoms with Gasteiger partial charge in [0, 0.05) is 24.5 Å². The summed E-state index contributed by atoms with van der Waals surface area (Å²) in [5.41, 5.74) is 0. The Bertz CT molecular complexity index is 228. The van der Waals surface area contributed by atoms with Crippen LogP contribution in [0.2, 0.25) is 0 Å². The van der Waals surface area contributed by atoms with Crippen molar-refractivity contribution < 1.29 is 4.79 Å². The number of carbonyl (C=O) groups excluding carboxylic acids is 1. The molecule has 2 aliphatic rings. The summed E-state index contributed by atoms with van der Waals surface area (Å²) in [6.07, 6.45) is 7.30. The largest absolute Gasteiger partial charge is 0.312 e. The molecule has 1 aliphatic heterocycles. The van der Waals surface area contributed by atoms with E-state index in [-0.39, 0.29) is 5.91 Å². The first-order valence-corrected chi connectivity index (χ1v) is 3.87. The normalized spacial score (nSPS) is 22.4. The fourth-order valence-corrected chi connectivity index (χ4v) is 1.10. The van der Waals surface area contributed by atoms with Gasteiger partial charge in [-0.3, -0.25) is 9.79 Å². The molecule has 0 aromatic heterocycles. The van der Waals surface area contributed by atoms with Crippen molar-refractivity contribution in [2.24, 2.45) is 10.9 Å². The maximum absolute atomic E-state index is 11.4. The molecular weight excluding hydrogens is 140 g/mol. The number of carbonyl (C=O) groups is 1. The van der Waals surface area contributed by atoms with Crippen molar-refractivity contribution in [2.75, 3.05) is 6.54 Å². The van der Waals surface area contributed by atoms with E-state index in [4.69, 9.17) is 0 Å². The van der Waals surface area contributed by atoms with Crippen LogP contribution in [0.15, 0.2) is 17.4 Å². The Kier molecular flexibility index (Phi) is 1.49. The first-order valence-electron chi connectivity index (χ1n) is 3.87. The second-order valence-electron chi connectivity index (χ2n) is 2.89. The molecule has 0 spiro atoms. The zero-order valence-electron chi connectivity index (χ0n) is 6.23. The average molecular weight is 150 g/mol. The minimum absolute atomic E-state index is 0.257. The minimum atomic E-state index is 0.257. The Morgan fingerprint density at radius 3 is 2.91 bits per heavy atom. The molecule has 11 heavy (non-hydrogen) atoms. The molecule has 58 valence electrons. The van der Waals surface area contributed by atoms with Crippen LogP contribution in [0.1, 0.15) is 12.8 Å². The van der Waals surface area contributed by atoms with Crippen molar-refractivity contribution in [1.29, 1.82) is 0 Å². The van der Waals surface area contributed by atoms with Crippen LogP contribution < -0.4 is 0 Å². The molecule has 0 radical (unpaired) electrons. The van der Waals surface area contributed by atoms with E-state index in [1.807, 2.05) is 0 Å². The number of amides is 1. The first-order chi connectivity index (χ1) is 5.38. The van der Waals surface area contributed by atoms with Crippen molar-refractivity contribution >= 4 is 12.1 Å². The third-order valence-corrected chi connectivity index (χ3v) is 1.93. The lowest BCUT2D eigenvalue weighted by Crippen LogP contribution is -2.29. The summed E-state index contributed by atoms with van der Waals surface area (Å²) in [4.78, 5) is 17.0. The molecule has 1 heterocycles. The van der Waals surface area contributed by atoms with Crippen molar-refractivity contribution in [2.45, 2.75) is 12.8 Å². The lowest BCUT2D eigenvalue weighted by molar-refractivity contribution is -0.129. The van der Waals surface area contributed by atoms with Gasteiger partial charge in [-0.1, -0.05) is 0 Å². The first kappa shape index (κ1) is 6.58. The maximum Gasteiger partial charge on any atom is 0.230 e. The smallest absolute Gasteiger partial charge is 0.230 e. The van der Waals surface area contributed by atoms with Gasteiger partial charge in [0.2, 0.25) is 5.91 Å². The van der Waals surface area contributed by atoms with E-state index in [0.717, 1.165) is 12.8 Å². The monoisotopic (exact) mass is 150 g/mol. The van der Waals surface area contributed by atoms with Crippen LogP contribution in [0, 0.1) is 5.92 Å². The molecule has 0 aromatic carbocycles. The van der Waals surface area contributed by atoms with E-state index >= 15 is 0 Å². The van der Waals surface area contributed by atoms with E-state index in [0.29, 0.717) is 12.5 Å². The molecule has 1 aliphatic carbocycles. The molecule has 3 nitrogen and oxygen atoms in total. The summed E-state index contributed by atoms with van der Waals surface area (Å²) in [6, 6.07) is 0. The summed E-state index contributed by atoms with van der Waals surface area (Å²) >= 11 is 0. The molecule has 0 atom stereocenters. The lowest BCUT2D eigenvalue weighted by atomic mass is 10.3. The summed E-state index contributed by atoms with van der Waals surface area (Å²) < 4.78 is 0. The number of nitrogens with zero attached hydrogens (tertiary/aromatic N) is 2. The quantitative estimate of drug-likeness (QED) is 0.543. The second-order valence-corrected chi connectivity index (χ2v) is 2.89. The Labute approximate surface area is 65.4 Å². The van der Waals surface area contributed by atoms with Gasteiger partial charge in [0.25, 0.3) is 0 Å². The lowest BCUT2D eigenvalue weighted by Gasteiger charge is -2.16. The standard InChI is InChI=1S/C8H10N2O/c11-8(7-1-2-7)10-5-3-9-4-6-10/h3-5,7H,1-2,6H2. The Morgan fingerprint density at radius 2 is 2.36 bits per heavy atom. The van der Waals surface area contributed by atoms with Crippen molar-refractivity contribution in [3.8, 4) is 0 Å². The predicted molar refractivity (Wildman–Crippen MR) is 42.1 cm³/mol. The van der Waals surface area contributed by atoms with Crippen LogP contribution in [0.3, 0.4) is 0 Å². The van der Waals surface area contributed by atoms with Gasteiger partial charge in [0.15, 0.2) is 0 Å².